The smallest absolute Gasteiger partial charge is 1.00 e. The van der Waals surface area contributed by atoms with E-state index in [1.54, 1.807) is 84.0 Å². The van der Waals surface area contributed by atoms with Crippen molar-refractivity contribution < 1.29 is 93.2 Å². The molecule has 15 nitrogen and oxygen atoms in total. The molecule has 2 amide bonds. The fourth-order valence-corrected chi connectivity index (χ4v) is 5.15. The Hall–Kier alpha value is -5.55. The van der Waals surface area contributed by atoms with E-state index in [1.807, 2.05) is 24.3 Å². The van der Waals surface area contributed by atoms with Gasteiger partial charge in [-0.3, -0.25) is 10.6 Å². The molecule has 0 atom stereocenters. The van der Waals surface area contributed by atoms with E-state index in [9.17, 15) is 29.1 Å². The van der Waals surface area contributed by atoms with Crippen LogP contribution >= 0.6 is 0 Å². The van der Waals surface area contributed by atoms with Crippen LogP contribution < -0.4 is 49.7 Å². The first kappa shape index (κ1) is 54.5. The topological polar surface area (TPSA) is 194 Å². The van der Waals surface area contributed by atoms with Gasteiger partial charge in [-0.1, -0.05) is 24.3 Å². The Morgan fingerprint density at radius 1 is 0.532 bits per heavy atom. The van der Waals surface area contributed by atoms with E-state index in [0.29, 0.717) is 60.1 Å². The molecule has 0 fully saturated rings. The second kappa shape index (κ2) is 26.0. The van der Waals surface area contributed by atoms with E-state index >= 15 is 0 Å². The Morgan fingerprint density at radius 2 is 0.871 bits per heavy atom. The largest absolute Gasteiger partial charge is 1.00 e. The summed E-state index contributed by atoms with van der Waals surface area (Å²) in [7, 11) is 3.82. The molecular formula is C45H55BN2NaO13. The van der Waals surface area contributed by atoms with Crippen molar-refractivity contribution in [2.75, 3.05) is 45.2 Å². The van der Waals surface area contributed by atoms with E-state index in [4.69, 9.17) is 33.2 Å². The van der Waals surface area contributed by atoms with Crippen LogP contribution in [0.2, 0.25) is 0 Å². The Labute approximate surface area is 388 Å². The van der Waals surface area contributed by atoms with Crippen molar-refractivity contribution in [2.45, 2.75) is 72.2 Å². The minimum atomic E-state index is -0.580. The van der Waals surface area contributed by atoms with Gasteiger partial charge in [0, 0.05) is 32.6 Å². The van der Waals surface area contributed by atoms with Crippen molar-refractivity contribution in [3.05, 3.63) is 118 Å². The molecule has 0 aromatic heterocycles. The Kier molecular flexibility index (Phi) is 22.9. The molecule has 0 bridgehead atoms. The first-order valence-electron chi connectivity index (χ1n) is 18.9. The van der Waals surface area contributed by atoms with Crippen LogP contribution in [0.3, 0.4) is 0 Å². The van der Waals surface area contributed by atoms with Crippen LogP contribution in [-0.2, 0) is 43.1 Å². The van der Waals surface area contributed by atoms with Gasteiger partial charge in [0.2, 0.25) is 0 Å². The number of hydrogen-bond acceptors (Lipinski definition) is 13. The molecule has 0 aliphatic carbocycles. The molecule has 0 heterocycles. The van der Waals surface area contributed by atoms with Crippen LogP contribution in [0, 0.1) is 0 Å². The SMILES string of the molecule is COC(=O)c1cc(CO)cc(OCCc2ccc(NC(=O)OC(C)(C)C)cc2)c1.COC(=O)c1cc(OCCc2ccc(NC(=O)OC(C)(C)C)cc2)cc(C(=O)OC)c1.[B].[H-].[Na+]. The second-order valence-corrected chi connectivity index (χ2v) is 15.1. The van der Waals surface area contributed by atoms with E-state index in [1.165, 1.54) is 39.5 Å². The standard InChI is InChI=1S/C23H27NO7.C22H27NO6.B.Na.H/c1-23(2,3)31-22(27)24-18-8-6-15(7-9-18)10-11-30-19-13-16(20(25)28-4)12-17(14-19)21(26)29-5;1-22(2,3)29-21(26)23-18-7-5-15(6-8-18)9-10-28-19-12-16(14-24)11-17(13-19)20(25)27-4;;;/h6-9,12-14H,10-11H2,1-5H3,(H,24,27);5-8,11-13,24H,9-10,14H2,1-4H3,(H,23,26);;;/q;;;+1;-1. The fourth-order valence-electron chi connectivity index (χ4n) is 5.15. The second-order valence-electron chi connectivity index (χ2n) is 15.1. The van der Waals surface area contributed by atoms with Crippen molar-refractivity contribution in [2.24, 2.45) is 0 Å². The van der Waals surface area contributed by atoms with Gasteiger partial charge in [-0.2, -0.15) is 0 Å². The normalized spacial score (nSPS) is 10.5. The molecule has 0 spiro atoms. The van der Waals surface area contributed by atoms with E-state index in [2.05, 4.69) is 10.6 Å². The number of carbonyl (C=O) groups is 5. The predicted octanol–water partition coefficient (Wildman–Crippen LogP) is 4.90. The average Bonchev–Trinajstić information content (AvgIpc) is 3.19. The number of ether oxygens (including phenoxy) is 7. The number of anilines is 2. The van der Waals surface area contributed by atoms with Gasteiger partial charge in [0.1, 0.15) is 22.7 Å². The third-order valence-electron chi connectivity index (χ3n) is 7.84. The van der Waals surface area contributed by atoms with Crippen molar-refractivity contribution in [3.8, 4) is 11.5 Å². The summed E-state index contributed by atoms with van der Waals surface area (Å²) in [5, 5.41) is 14.7. The first-order valence-corrected chi connectivity index (χ1v) is 18.9. The van der Waals surface area contributed by atoms with Crippen LogP contribution in [0.25, 0.3) is 0 Å². The molecule has 3 N–H and O–H groups in total. The van der Waals surface area contributed by atoms with Gasteiger partial charge in [-0.15, -0.1) is 0 Å². The maximum absolute atomic E-state index is 11.8. The third-order valence-corrected chi connectivity index (χ3v) is 7.84. The summed E-state index contributed by atoms with van der Waals surface area (Å²) in [4.78, 5) is 59.0. The summed E-state index contributed by atoms with van der Waals surface area (Å²) >= 11 is 0. The molecule has 0 saturated heterocycles. The van der Waals surface area contributed by atoms with Gasteiger partial charge in [0.25, 0.3) is 0 Å². The quantitative estimate of drug-likeness (QED) is 0.0882. The van der Waals surface area contributed by atoms with E-state index < -0.39 is 41.3 Å². The van der Waals surface area contributed by atoms with Gasteiger partial charge < -0.3 is 39.7 Å². The maximum atomic E-state index is 11.8. The number of aliphatic hydroxyl groups is 1. The average molecular weight is 866 g/mol. The van der Waals surface area contributed by atoms with Crippen molar-refractivity contribution in [1.82, 2.24) is 0 Å². The number of aliphatic hydroxyl groups excluding tert-OH is 1. The zero-order valence-electron chi connectivity index (χ0n) is 38.0. The Morgan fingerprint density at radius 3 is 1.19 bits per heavy atom. The minimum absolute atomic E-state index is 0. The number of hydrogen-bond donors (Lipinski definition) is 3. The first-order chi connectivity index (χ1) is 28.3. The molecule has 0 aliphatic rings. The minimum Gasteiger partial charge on any atom is -1.00 e. The molecule has 62 heavy (non-hydrogen) atoms. The molecule has 0 aliphatic heterocycles. The molecule has 3 radical (unpaired) electrons. The molecule has 0 unspecified atom stereocenters. The van der Waals surface area contributed by atoms with Gasteiger partial charge in [0.15, 0.2) is 0 Å². The number of esters is 3. The zero-order chi connectivity index (χ0) is 44.5. The predicted molar refractivity (Wildman–Crippen MR) is 231 cm³/mol. The summed E-state index contributed by atoms with van der Waals surface area (Å²) < 4.78 is 36.0. The van der Waals surface area contributed by atoms with Crippen molar-refractivity contribution in [3.63, 3.8) is 0 Å². The van der Waals surface area contributed by atoms with Gasteiger partial charge in [-0.05, 0) is 119 Å². The number of benzene rings is 4. The van der Waals surface area contributed by atoms with Gasteiger partial charge in [-0.25, -0.2) is 24.0 Å². The fraction of sp³-hybridized carbons (Fsp3) is 0.356. The molecular weight excluding hydrogens is 810 g/mol. The van der Waals surface area contributed by atoms with Gasteiger partial charge in [0.05, 0.1) is 57.8 Å². The van der Waals surface area contributed by atoms with Crippen molar-refractivity contribution in [1.29, 1.82) is 0 Å². The molecule has 4 rings (SSSR count). The third kappa shape index (κ3) is 19.9. The summed E-state index contributed by atoms with van der Waals surface area (Å²) in [6.07, 6.45) is 0.182. The number of carbonyl (C=O) groups excluding carboxylic acids is 5. The van der Waals surface area contributed by atoms with Crippen LogP contribution in [0.5, 0.6) is 11.5 Å². The summed E-state index contributed by atoms with van der Waals surface area (Å²) in [6, 6.07) is 23.9. The van der Waals surface area contributed by atoms with Crippen LogP contribution in [0.4, 0.5) is 21.0 Å². The Balaban J connectivity index is 0.00000117. The van der Waals surface area contributed by atoms with E-state index in [0.717, 1.165) is 11.1 Å². The zero-order valence-corrected chi connectivity index (χ0v) is 39.0. The molecule has 17 heteroatoms. The van der Waals surface area contributed by atoms with E-state index in [-0.39, 0.29) is 57.1 Å². The summed E-state index contributed by atoms with van der Waals surface area (Å²) in [6.45, 7) is 11.3. The summed E-state index contributed by atoms with van der Waals surface area (Å²) in [5.74, 6) is -0.808. The monoisotopic (exact) mass is 865 g/mol. The number of nitrogens with one attached hydrogen (secondary N) is 2. The van der Waals surface area contributed by atoms with Crippen molar-refractivity contribution >= 4 is 49.9 Å². The number of methoxy groups -OCH3 is 3. The van der Waals surface area contributed by atoms with Gasteiger partial charge >= 0.3 is 59.7 Å². The molecule has 0 saturated carbocycles. The number of amides is 2. The maximum Gasteiger partial charge on any atom is 1.00 e. The molecule has 4 aromatic carbocycles. The summed E-state index contributed by atoms with van der Waals surface area (Å²) in [5.41, 5.74) is 3.42. The van der Waals surface area contributed by atoms with Crippen LogP contribution in [-0.4, -0.2) is 89.4 Å². The number of rotatable bonds is 14. The van der Waals surface area contributed by atoms with Crippen LogP contribution in [0.1, 0.15) is 90.7 Å². The molecule has 327 valence electrons. The Bertz CT molecular complexity index is 2050. The molecule has 4 aromatic rings. The van der Waals surface area contributed by atoms with Crippen LogP contribution in [0.15, 0.2) is 84.9 Å².